The first kappa shape index (κ1) is 13.6. The van der Waals surface area contributed by atoms with E-state index in [-0.39, 0.29) is 19.2 Å². The van der Waals surface area contributed by atoms with E-state index in [1.807, 2.05) is 42.5 Å². The summed E-state index contributed by atoms with van der Waals surface area (Å²) < 4.78 is 15.9. The highest BCUT2D eigenvalue weighted by atomic mass is 16.7. The van der Waals surface area contributed by atoms with Crippen molar-refractivity contribution in [3.8, 4) is 17.2 Å². The molecule has 4 nitrogen and oxygen atoms in total. The Morgan fingerprint density at radius 3 is 2.65 bits per heavy atom. The number of esters is 1. The van der Waals surface area contributed by atoms with Crippen molar-refractivity contribution in [2.24, 2.45) is 0 Å². The van der Waals surface area contributed by atoms with Gasteiger partial charge in [0.1, 0.15) is 5.75 Å². The highest BCUT2D eigenvalue weighted by Crippen LogP contribution is 2.35. The van der Waals surface area contributed by atoms with Gasteiger partial charge in [0, 0.05) is 6.07 Å². The molecule has 1 aliphatic heterocycles. The predicted molar refractivity (Wildman–Crippen MR) is 85.9 cm³/mol. The topological polar surface area (TPSA) is 44.8 Å². The van der Waals surface area contributed by atoms with Crippen LogP contribution in [0.15, 0.2) is 60.7 Å². The van der Waals surface area contributed by atoms with Gasteiger partial charge >= 0.3 is 5.97 Å². The van der Waals surface area contributed by atoms with Crippen LogP contribution in [0.2, 0.25) is 0 Å². The number of hydrogen-bond acceptors (Lipinski definition) is 4. The zero-order valence-electron chi connectivity index (χ0n) is 12.3. The van der Waals surface area contributed by atoms with Gasteiger partial charge in [0.05, 0.1) is 6.42 Å². The second-order valence-electron chi connectivity index (χ2n) is 5.35. The molecule has 23 heavy (non-hydrogen) atoms. The maximum Gasteiger partial charge on any atom is 0.315 e. The lowest BCUT2D eigenvalue weighted by molar-refractivity contribution is -0.133. The zero-order chi connectivity index (χ0) is 15.6. The first-order valence-electron chi connectivity index (χ1n) is 7.36. The summed E-state index contributed by atoms with van der Waals surface area (Å²) in [7, 11) is 0. The van der Waals surface area contributed by atoms with Gasteiger partial charge < -0.3 is 14.2 Å². The first-order valence-corrected chi connectivity index (χ1v) is 7.36. The Bertz CT molecular complexity index is 885. The highest BCUT2D eigenvalue weighted by molar-refractivity contribution is 5.84. The smallest absolute Gasteiger partial charge is 0.315 e. The van der Waals surface area contributed by atoms with Crippen molar-refractivity contribution in [3.63, 3.8) is 0 Å². The molecule has 0 unspecified atom stereocenters. The number of rotatable bonds is 3. The van der Waals surface area contributed by atoms with Crippen LogP contribution in [0.4, 0.5) is 0 Å². The molecule has 0 fully saturated rings. The zero-order valence-corrected chi connectivity index (χ0v) is 12.3. The van der Waals surface area contributed by atoms with E-state index in [2.05, 4.69) is 0 Å². The highest BCUT2D eigenvalue weighted by Gasteiger charge is 2.15. The second-order valence-corrected chi connectivity index (χ2v) is 5.35. The number of carbonyl (C=O) groups is 1. The fourth-order valence-electron chi connectivity index (χ4n) is 2.62. The Morgan fingerprint density at radius 2 is 1.74 bits per heavy atom. The molecule has 0 radical (unpaired) electrons. The minimum atomic E-state index is -0.306. The minimum Gasteiger partial charge on any atom is -0.454 e. The molecule has 0 N–H and O–H groups in total. The second kappa shape index (κ2) is 5.65. The van der Waals surface area contributed by atoms with Crippen molar-refractivity contribution >= 4 is 16.7 Å². The lowest BCUT2D eigenvalue weighted by Crippen LogP contribution is -2.11. The fourth-order valence-corrected chi connectivity index (χ4v) is 2.62. The third-order valence-electron chi connectivity index (χ3n) is 3.74. The van der Waals surface area contributed by atoms with Gasteiger partial charge in [-0.2, -0.15) is 0 Å². The first-order chi connectivity index (χ1) is 11.3. The molecule has 4 rings (SSSR count). The van der Waals surface area contributed by atoms with E-state index in [1.165, 1.54) is 0 Å². The summed E-state index contributed by atoms with van der Waals surface area (Å²) in [6.07, 6.45) is 0.222. The fraction of sp³-hybridized carbons (Fsp3) is 0.105. The maximum absolute atomic E-state index is 12.1. The molecule has 0 atom stereocenters. The summed E-state index contributed by atoms with van der Waals surface area (Å²) in [5.74, 6) is 1.42. The SMILES string of the molecule is O=C(Cc1ccc2ccccc2c1)Oc1ccc2c(c1)OCO2. The quantitative estimate of drug-likeness (QED) is 0.546. The van der Waals surface area contributed by atoms with Gasteiger partial charge in [-0.25, -0.2) is 0 Å². The summed E-state index contributed by atoms with van der Waals surface area (Å²) >= 11 is 0. The van der Waals surface area contributed by atoms with E-state index in [1.54, 1.807) is 18.2 Å². The lowest BCUT2D eigenvalue weighted by atomic mass is 10.1. The van der Waals surface area contributed by atoms with Crippen LogP contribution < -0.4 is 14.2 Å². The van der Waals surface area contributed by atoms with Crippen molar-refractivity contribution in [1.29, 1.82) is 0 Å². The van der Waals surface area contributed by atoms with Gasteiger partial charge in [-0.3, -0.25) is 4.79 Å². The lowest BCUT2D eigenvalue weighted by Gasteiger charge is -2.06. The van der Waals surface area contributed by atoms with Crippen LogP contribution in [0.3, 0.4) is 0 Å². The summed E-state index contributed by atoms with van der Waals surface area (Å²) in [6, 6.07) is 19.1. The van der Waals surface area contributed by atoms with Crippen LogP contribution in [0.1, 0.15) is 5.56 Å². The molecule has 0 aromatic heterocycles. The average Bonchev–Trinajstić information content (AvgIpc) is 3.02. The third kappa shape index (κ3) is 2.83. The summed E-state index contributed by atoms with van der Waals surface area (Å²) in [5.41, 5.74) is 0.925. The molecule has 114 valence electrons. The average molecular weight is 306 g/mol. The molecule has 1 heterocycles. The molecule has 0 saturated heterocycles. The van der Waals surface area contributed by atoms with Crippen LogP contribution in [-0.4, -0.2) is 12.8 Å². The molecule has 3 aromatic carbocycles. The normalized spacial score (nSPS) is 12.3. The van der Waals surface area contributed by atoms with Crippen molar-refractivity contribution in [2.45, 2.75) is 6.42 Å². The van der Waals surface area contributed by atoms with Crippen LogP contribution in [0.5, 0.6) is 17.2 Å². The van der Waals surface area contributed by atoms with E-state index in [9.17, 15) is 4.79 Å². The van der Waals surface area contributed by atoms with Crippen LogP contribution >= 0.6 is 0 Å². The van der Waals surface area contributed by atoms with Gasteiger partial charge in [0.15, 0.2) is 11.5 Å². The molecule has 1 aliphatic rings. The number of ether oxygens (including phenoxy) is 3. The molecule has 0 bridgehead atoms. The van der Waals surface area contributed by atoms with Crippen molar-refractivity contribution < 1.29 is 19.0 Å². The summed E-state index contributed by atoms with van der Waals surface area (Å²) in [5, 5.41) is 2.27. The van der Waals surface area contributed by atoms with E-state index in [0.29, 0.717) is 17.2 Å². The molecule has 0 spiro atoms. The van der Waals surface area contributed by atoms with Crippen LogP contribution in [0.25, 0.3) is 10.8 Å². The third-order valence-corrected chi connectivity index (χ3v) is 3.74. The Morgan fingerprint density at radius 1 is 0.913 bits per heavy atom. The molecule has 3 aromatic rings. The minimum absolute atomic E-state index is 0.198. The van der Waals surface area contributed by atoms with Crippen molar-refractivity contribution in [2.75, 3.05) is 6.79 Å². The molecule has 4 heteroatoms. The Kier molecular flexibility index (Phi) is 3.35. The van der Waals surface area contributed by atoms with Crippen molar-refractivity contribution in [1.82, 2.24) is 0 Å². The Labute approximate surface area is 133 Å². The van der Waals surface area contributed by atoms with E-state index >= 15 is 0 Å². The maximum atomic E-state index is 12.1. The number of benzene rings is 3. The molecule has 0 saturated carbocycles. The van der Waals surface area contributed by atoms with Crippen LogP contribution in [-0.2, 0) is 11.2 Å². The van der Waals surface area contributed by atoms with Gasteiger partial charge in [-0.05, 0) is 28.5 Å². The van der Waals surface area contributed by atoms with Crippen LogP contribution in [0, 0.1) is 0 Å². The molecular formula is C19H14O4. The van der Waals surface area contributed by atoms with E-state index in [4.69, 9.17) is 14.2 Å². The summed E-state index contributed by atoms with van der Waals surface area (Å²) in [4.78, 5) is 12.1. The van der Waals surface area contributed by atoms with Gasteiger partial charge in [-0.15, -0.1) is 0 Å². The van der Waals surface area contributed by atoms with E-state index < -0.39 is 0 Å². The van der Waals surface area contributed by atoms with Gasteiger partial charge in [0.2, 0.25) is 6.79 Å². The number of carbonyl (C=O) groups excluding carboxylic acids is 1. The largest absolute Gasteiger partial charge is 0.454 e. The molecular weight excluding hydrogens is 292 g/mol. The Balaban J connectivity index is 1.48. The Hall–Kier alpha value is -3.01. The van der Waals surface area contributed by atoms with Crippen molar-refractivity contribution in [3.05, 3.63) is 66.2 Å². The molecule has 0 aliphatic carbocycles. The van der Waals surface area contributed by atoms with E-state index in [0.717, 1.165) is 16.3 Å². The monoisotopic (exact) mass is 306 g/mol. The summed E-state index contributed by atoms with van der Waals surface area (Å²) in [6.45, 7) is 0.198. The standard InChI is InChI=1S/C19H14O4/c20-19(23-16-7-8-17-18(11-16)22-12-21-17)10-13-5-6-14-3-1-2-4-15(14)9-13/h1-9,11H,10,12H2. The number of hydrogen-bond donors (Lipinski definition) is 0. The molecule has 0 amide bonds. The predicted octanol–water partition coefficient (Wildman–Crippen LogP) is 3.72. The van der Waals surface area contributed by atoms with Gasteiger partial charge in [0.25, 0.3) is 0 Å². The van der Waals surface area contributed by atoms with Gasteiger partial charge in [-0.1, -0.05) is 42.5 Å². The number of fused-ring (bicyclic) bond motifs is 2.